The predicted molar refractivity (Wildman–Crippen MR) is 78.6 cm³/mol. The molecule has 19 heavy (non-hydrogen) atoms. The van der Waals surface area contributed by atoms with E-state index in [0.717, 1.165) is 23.7 Å². The number of para-hydroxylation sites is 1. The molecule has 0 aliphatic carbocycles. The van der Waals surface area contributed by atoms with E-state index in [4.69, 9.17) is 11.6 Å². The Kier molecular flexibility index (Phi) is 4.74. The number of alkyl halides is 1. The lowest BCUT2D eigenvalue weighted by molar-refractivity contribution is 0.0948. The fourth-order valence-electron chi connectivity index (χ4n) is 1.87. The van der Waals surface area contributed by atoms with Gasteiger partial charge in [0.05, 0.1) is 5.52 Å². The van der Waals surface area contributed by atoms with Gasteiger partial charge in [0.2, 0.25) is 0 Å². The SMILES string of the molecule is CC(Cl)CCCNC(=O)c1ccc2ccccc2n1. The molecule has 1 unspecified atom stereocenters. The number of benzene rings is 1. The number of carbonyl (C=O) groups excluding carboxylic acids is 1. The Hall–Kier alpha value is -1.61. The molecule has 1 aromatic carbocycles. The third-order valence-electron chi connectivity index (χ3n) is 2.90. The number of fused-ring (bicyclic) bond motifs is 1. The Morgan fingerprint density at radius 1 is 1.32 bits per heavy atom. The molecule has 1 N–H and O–H groups in total. The number of carbonyl (C=O) groups is 1. The zero-order valence-electron chi connectivity index (χ0n) is 10.9. The Bertz CT molecular complexity index is 569. The van der Waals surface area contributed by atoms with Crippen LogP contribution in [-0.4, -0.2) is 22.8 Å². The molecule has 0 bridgehead atoms. The highest BCUT2D eigenvalue weighted by atomic mass is 35.5. The van der Waals surface area contributed by atoms with Crippen molar-refractivity contribution in [3.8, 4) is 0 Å². The molecule has 0 radical (unpaired) electrons. The van der Waals surface area contributed by atoms with E-state index >= 15 is 0 Å². The van der Waals surface area contributed by atoms with E-state index in [1.165, 1.54) is 0 Å². The fraction of sp³-hybridized carbons (Fsp3) is 0.333. The highest BCUT2D eigenvalue weighted by Crippen LogP contribution is 2.11. The molecule has 2 rings (SSSR count). The van der Waals surface area contributed by atoms with E-state index < -0.39 is 0 Å². The largest absolute Gasteiger partial charge is 0.351 e. The average Bonchev–Trinajstić information content (AvgIpc) is 2.42. The van der Waals surface area contributed by atoms with Gasteiger partial charge in [-0.1, -0.05) is 24.3 Å². The molecule has 1 atom stereocenters. The van der Waals surface area contributed by atoms with Gasteiger partial charge in [0.25, 0.3) is 5.91 Å². The first-order valence-corrected chi connectivity index (χ1v) is 6.88. The Labute approximate surface area is 118 Å². The molecule has 2 aromatic rings. The van der Waals surface area contributed by atoms with E-state index in [0.29, 0.717) is 12.2 Å². The van der Waals surface area contributed by atoms with Gasteiger partial charge < -0.3 is 5.32 Å². The first-order chi connectivity index (χ1) is 9.16. The summed E-state index contributed by atoms with van der Waals surface area (Å²) in [7, 11) is 0. The molecule has 1 aromatic heterocycles. The van der Waals surface area contributed by atoms with Gasteiger partial charge >= 0.3 is 0 Å². The van der Waals surface area contributed by atoms with Crippen molar-refractivity contribution in [1.29, 1.82) is 0 Å². The van der Waals surface area contributed by atoms with Crippen molar-refractivity contribution in [3.63, 3.8) is 0 Å². The third-order valence-corrected chi connectivity index (χ3v) is 3.11. The number of pyridine rings is 1. The summed E-state index contributed by atoms with van der Waals surface area (Å²) in [4.78, 5) is 16.3. The summed E-state index contributed by atoms with van der Waals surface area (Å²) < 4.78 is 0. The summed E-state index contributed by atoms with van der Waals surface area (Å²) in [6.07, 6.45) is 1.77. The number of aromatic nitrogens is 1. The van der Waals surface area contributed by atoms with Crippen molar-refractivity contribution in [2.24, 2.45) is 0 Å². The van der Waals surface area contributed by atoms with Crippen molar-refractivity contribution in [2.75, 3.05) is 6.54 Å². The smallest absolute Gasteiger partial charge is 0.269 e. The molecule has 0 saturated carbocycles. The quantitative estimate of drug-likeness (QED) is 0.672. The average molecular weight is 277 g/mol. The molecule has 0 aliphatic heterocycles. The van der Waals surface area contributed by atoms with Gasteiger partial charge in [0.1, 0.15) is 5.69 Å². The van der Waals surface area contributed by atoms with Gasteiger partial charge in [0.15, 0.2) is 0 Å². The van der Waals surface area contributed by atoms with Gasteiger partial charge in [0, 0.05) is 17.3 Å². The number of nitrogens with zero attached hydrogens (tertiary/aromatic N) is 1. The Balaban J connectivity index is 1.97. The number of hydrogen-bond donors (Lipinski definition) is 1. The molecule has 0 aliphatic rings. The molecule has 4 heteroatoms. The van der Waals surface area contributed by atoms with Crippen molar-refractivity contribution in [2.45, 2.75) is 25.1 Å². The van der Waals surface area contributed by atoms with Crippen LogP contribution in [-0.2, 0) is 0 Å². The first kappa shape index (κ1) is 13.8. The van der Waals surface area contributed by atoms with Gasteiger partial charge in [-0.05, 0) is 31.9 Å². The van der Waals surface area contributed by atoms with Crippen LogP contribution in [0.2, 0.25) is 0 Å². The Morgan fingerprint density at radius 2 is 2.11 bits per heavy atom. The molecule has 100 valence electrons. The van der Waals surface area contributed by atoms with Crippen LogP contribution in [0.5, 0.6) is 0 Å². The van der Waals surface area contributed by atoms with Crippen LogP contribution in [0.4, 0.5) is 0 Å². The minimum Gasteiger partial charge on any atom is -0.351 e. The van der Waals surface area contributed by atoms with E-state index in [1.54, 1.807) is 6.07 Å². The maximum absolute atomic E-state index is 11.9. The number of halogens is 1. The lowest BCUT2D eigenvalue weighted by atomic mass is 10.2. The van der Waals surface area contributed by atoms with Gasteiger partial charge in [-0.25, -0.2) is 4.98 Å². The molecule has 1 amide bonds. The zero-order valence-corrected chi connectivity index (χ0v) is 11.7. The van der Waals surface area contributed by atoms with Crippen LogP contribution in [0, 0.1) is 0 Å². The van der Waals surface area contributed by atoms with Crippen LogP contribution in [0.1, 0.15) is 30.3 Å². The van der Waals surface area contributed by atoms with Crippen molar-refractivity contribution in [3.05, 3.63) is 42.1 Å². The first-order valence-electron chi connectivity index (χ1n) is 6.45. The fourth-order valence-corrected chi connectivity index (χ4v) is 2.02. The monoisotopic (exact) mass is 276 g/mol. The van der Waals surface area contributed by atoms with Gasteiger partial charge in [-0.2, -0.15) is 0 Å². The van der Waals surface area contributed by atoms with E-state index in [1.807, 2.05) is 37.3 Å². The second-order valence-corrected chi connectivity index (χ2v) is 5.31. The number of rotatable bonds is 5. The van der Waals surface area contributed by atoms with Gasteiger partial charge in [-0.15, -0.1) is 11.6 Å². The minimum absolute atomic E-state index is 0.132. The topological polar surface area (TPSA) is 42.0 Å². The summed E-state index contributed by atoms with van der Waals surface area (Å²) in [6.45, 7) is 2.58. The molecular formula is C15H17ClN2O. The maximum atomic E-state index is 11.9. The lowest BCUT2D eigenvalue weighted by Gasteiger charge is -2.06. The standard InChI is InChI=1S/C15H17ClN2O/c1-11(16)5-4-10-17-15(19)14-9-8-12-6-2-3-7-13(12)18-14/h2-3,6-9,11H,4-5,10H2,1H3,(H,17,19). The molecule has 3 nitrogen and oxygen atoms in total. The summed E-state index contributed by atoms with van der Waals surface area (Å²) in [5.41, 5.74) is 1.29. The van der Waals surface area contributed by atoms with Crippen LogP contribution in [0.3, 0.4) is 0 Å². The number of amides is 1. The predicted octanol–water partition coefficient (Wildman–Crippen LogP) is 3.37. The third kappa shape index (κ3) is 3.93. The summed E-state index contributed by atoms with van der Waals surface area (Å²) in [5.74, 6) is -0.132. The normalized spacial score (nSPS) is 12.3. The lowest BCUT2D eigenvalue weighted by Crippen LogP contribution is -2.25. The van der Waals surface area contributed by atoms with Gasteiger partial charge in [-0.3, -0.25) is 4.79 Å². The second-order valence-electron chi connectivity index (χ2n) is 4.57. The van der Waals surface area contributed by atoms with Crippen molar-refractivity contribution in [1.82, 2.24) is 10.3 Å². The molecular weight excluding hydrogens is 260 g/mol. The van der Waals surface area contributed by atoms with E-state index in [9.17, 15) is 4.79 Å². The maximum Gasteiger partial charge on any atom is 0.269 e. The summed E-state index contributed by atoms with van der Waals surface area (Å²) in [5, 5.41) is 4.04. The van der Waals surface area contributed by atoms with E-state index in [2.05, 4.69) is 10.3 Å². The van der Waals surface area contributed by atoms with E-state index in [-0.39, 0.29) is 11.3 Å². The van der Waals surface area contributed by atoms with Crippen LogP contribution >= 0.6 is 11.6 Å². The Morgan fingerprint density at radius 3 is 2.89 bits per heavy atom. The number of hydrogen-bond acceptors (Lipinski definition) is 2. The molecule has 1 heterocycles. The minimum atomic E-state index is -0.132. The van der Waals surface area contributed by atoms with Crippen LogP contribution < -0.4 is 5.32 Å². The molecule has 0 fully saturated rings. The highest BCUT2D eigenvalue weighted by Gasteiger charge is 2.07. The summed E-state index contributed by atoms with van der Waals surface area (Å²) in [6, 6.07) is 11.4. The zero-order chi connectivity index (χ0) is 13.7. The summed E-state index contributed by atoms with van der Waals surface area (Å²) >= 11 is 5.85. The van der Waals surface area contributed by atoms with Crippen molar-refractivity contribution < 1.29 is 4.79 Å². The number of nitrogens with one attached hydrogen (secondary N) is 1. The van der Waals surface area contributed by atoms with Crippen LogP contribution in [0.25, 0.3) is 10.9 Å². The molecule has 0 spiro atoms. The highest BCUT2D eigenvalue weighted by molar-refractivity contribution is 6.20. The second kappa shape index (κ2) is 6.53. The van der Waals surface area contributed by atoms with Crippen molar-refractivity contribution >= 4 is 28.4 Å². The molecule has 0 saturated heterocycles. The van der Waals surface area contributed by atoms with Crippen LogP contribution in [0.15, 0.2) is 36.4 Å².